The van der Waals surface area contributed by atoms with Crippen LogP contribution in [0.1, 0.15) is 21.7 Å². The van der Waals surface area contributed by atoms with Gasteiger partial charge in [-0.3, -0.25) is 4.40 Å². The highest BCUT2D eigenvalue weighted by Gasteiger charge is 2.18. The lowest BCUT2D eigenvalue weighted by Crippen LogP contribution is -2.07. The van der Waals surface area contributed by atoms with Gasteiger partial charge in [0.2, 0.25) is 0 Å². The smallest absolute Gasteiger partial charge is 0.356 e. The van der Waals surface area contributed by atoms with Crippen LogP contribution in [0.4, 0.5) is 0 Å². The van der Waals surface area contributed by atoms with Gasteiger partial charge < -0.3 is 4.74 Å². The Morgan fingerprint density at radius 1 is 1.62 bits per heavy atom. The molecule has 0 bridgehead atoms. The van der Waals surface area contributed by atoms with E-state index in [1.165, 1.54) is 7.11 Å². The molecule has 0 aliphatic carbocycles. The van der Waals surface area contributed by atoms with E-state index in [2.05, 4.69) is 9.72 Å². The molecule has 16 heavy (non-hydrogen) atoms. The minimum absolute atomic E-state index is 0.356. The van der Waals surface area contributed by atoms with Crippen molar-refractivity contribution in [3.8, 4) is 6.07 Å². The highest BCUT2D eigenvalue weighted by molar-refractivity contribution is 5.90. The molecule has 0 fully saturated rings. The number of carbonyl (C=O) groups excluding carboxylic acids is 1. The molecule has 0 atom stereocenters. The standard InChI is InChI=1S/C11H9N3O2/c1-7-9(11(15)16-2)14-5-3-4-8(6-12)10(14)13-7/h3-5H,1-2H3. The van der Waals surface area contributed by atoms with E-state index in [1.54, 1.807) is 29.7 Å². The molecule has 5 heteroatoms. The highest BCUT2D eigenvalue weighted by Crippen LogP contribution is 2.15. The third kappa shape index (κ3) is 1.32. The normalized spacial score (nSPS) is 10.1. The van der Waals surface area contributed by atoms with Crippen molar-refractivity contribution in [1.82, 2.24) is 9.38 Å². The molecule has 80 valence electrons. The maximum atomic E-state index is 11.5. The molecule has 0 aromatic carbocycles. The highest BCUT2D eigenvalue weighted by atomic mass is 16.5. The Morgan fingerprint density at radius 2 is 2.38 bits per heavy atom. The summed E-state index contributed by atoms with van der Waals surface area (Å²) in [6.45, 7) is 1.71. The number of rotatable bonds is 1. The van der Waals surface area contributed by atoms with Crippen molar-refractivity contribution in [3.63, 3.8) is 0 Å². The minimum Gasteiger partial charge on any atom is -0.464 e. The van der Waals surface area contributed by atoms with Crippen LogP contribution in [0, 0.1) is 18.3 Å². The second kappa shape index (κ2) is 3.66. The Kier molecular flexibility index (Phi) is 2.33. The van der Waals surface area contributed by atoms with Crippen LogP contribution in [0.15, 0.2) is 18.3 Å². The first-order valence-electron chi connectivity index (χ1n) is 4.65. The molecule has 0 spiro atoms. The molecule has 0 radical (unpaired) electrons. The average Bonchev–Trinajstić information content (AvgIpc) is 2.63. The van der Waals surface area contributed by atoms with Gasteiger partial charge in [-0.15, -0.1) is 0 Å². The number of hydrogen-bond donors (Lipinski definition) is 0. The summed E-state index contributed by atoms with van der Waals surface area (Å²) in [5.41, 5.74) is 1.81. The van der Waals surface area contributed by atoms with Gasteiger partial charge in [-0.05, 0) is 19.1 Å². The summed E-state index contributed by atoms with van der Waals surface area (Å²) in [4.78, 5) is 15.7. The number of nitriles is 1. The van der Waals surface area contributed by atoms with Gasteiger partial charge in [0.05, 0.1) is 18.4 Å². The molecule has 0 amide bonds. The Morgan fingerprint density at radius 3 is 3.00 bits per heavy atom. The Balaban J connectivity index is 2.82. The molecule has 0 unspecified atom stereocenters. The van der Waals surface area contributed by atoms with E-state index in [0.717, 1.165) is 0 Å². The van der Waals surface area contributed by atoms with Gasteiger partial charge >= 0.3 is 5.97 Å². The van der Waals surface area contributed by atoms with Gasteiger partial charge in [-0.25, -0.2) is 9.78 Å². The van der Waals surface area contributed by atoms with Crippen LogP contribution in [-0.2, 0) is 4.74 Å². The van der Waals surface area contributed by atoms with E-state index in [0.29, 0.717) is 22.6 Å². The fraction of sp³-hybridized carbons (Fsp3) is 0.182. The number of methoxy groups -OCH3 is 1. The predicted molar refractivity (Wildman–Crippen MR) is 56.0 cm³/mol. The van der Waals surface area contributed by atoms with Crippen LogP contribution < -0.4 is 0 Å². The van der Waals surface area contributed by atoms with Crippen molar-refractivity contribution in [1.29, 1.82) is 5.26 Å². The molecule has 0 N–H and O–H groups in total. The van der Waals surface area contributed by atoms with Gasteiger partial charge in [-0.1, -0.05) is 0 Å². The van der Waals surface area contributed by atoms with Gasteiger partial charge in [0.25, 0.3) is 0 Å². The van der Waals surface area contributed by atoms with Crippen molar-refractivity contribution in [2.45, 2.75) is 6.92 Å². The number of esters is 1. The number of aromatic nitrogens is 2. The van der Waals surface area contributed by atoms with E-state index >= 15 is 0 Å². The van der Waals surface area contributed by atoms with Crippen molar-refractivity contribution >= 4 is 11.6 Å². The molecule has 2 rings (SSSR count). The van der Waals surface area contributed by atoms with Gasteiger partial charge in [-0.2, -0.15) is 5.26 Å². The summed E-state index contributed by atoms with van der Waals surface area (Å²) in [5.74, 6) is -0.458. The molecule has 0 aliphatic heterocycles. The van der Waals surface area contributed by atoms with E-state index in [9.17, 15) is 4.79 Å². The molecule has 2 heterocycles. The fourth-order valence-electron chi connectivity index (χ4n) is 1.61. The van der Waals surface area contributed by atoms with Gasteiger partial charge in [0.15, 0.2) is 11.3 Å². The second-order valence-corrected chi connectivity index (χ2v) is 3.26. The van der Waals surface area contributed by atoms with Crippen LogP contribution >= 0.6 is 0 Å². The van der Waals surface area contributed by atoms with Crippen LogP contribution in [0.3, 0.4) is 0 Å². The van der Waals surface area contributed by atoms with Crippen molar-refractivity contribution in [2.24, 2.45) is 0 Å². The molecule has 2 aromatic rings. The number of fused-ring (bicyclic) bond motifs is 1. The SMILES string of the molecule is COC(=O)c1c(C)nc2c(C#N)cccn12. The molecule has 0 saturated heterocycles. The maximum Gasteiger partial charge on any atom is 0.356 e. The van der Waals surface area contributed by atoms with Gasteiger partial charge in [0.1, 0.15) is 6.07 Å². The summed E-state index contributed by atoms with van der Waals surface area (Å²) in [5, 5.41) is 8.91. The Hall–Kier alpha value is -2.35. The minimum atomic E-state index is -0.458. The molecule has 0 aliphatic rings. The van der Waals surface area contributed by atoms with E-state index in [-0.39, 0.29) is 0 Å². The fourth-order valence-corrected chi connectivity index (χ4v) is 1.61. The van der Waals surface area contributed by atoms with Crippen LogP contribution in [0.5, 0.6) is 0 Å². The zero-order valence-corrected chi connectivity index (χ0v) is 8.89. The third-order valence-electron chi connectivity index (χ3n) is 2.32. The topological polar surface area (TPSA) is 67.4 Å². The Labute approximate surface area is 91.9 Å². The summed E-state index contributed by atoms with van der Waals surface area (Å²) in [7, 11) is 1.31. The average molecular weight is 215 g/mol. The second-order valence-electron chi connectivity index (χ2n) is 3.26. The molecule has 2 aromatic heterocycles. The van der Waals surface area contributed by atoms with Crippen LogP contribution in [-0.4, -0.2) is 22.5 Å². The summed E-state index contributed by atoms with van der Waals surface area (Å²) >= 11 is 0. The van der Waals surface area contributed by atoms with E-state index < -0.39 is 5.97 Å². The number of aryl methyl sites for hydroxylation is 1. The summed E-state index contributed by atoms with van der Waals surface area (Å²) in [6.07, 6.45) is 1.68. The number of pyridine rings is 1. The molecular formula is C11H9N3O2. The van der Waals surface area contributed by atoms with Crippen molar-refractivity contribution in [3.05, 3.63) is 35.3 Å². The molecular weight excluding hydrogens is 206 g/mol. The monoisotopic (exact) mass is 215 g/mol. The number of nitrogens with zero attached hydrogens (tertiary/aromatic N) is 3. The zero-order chi connectivity index (χ0) is 11.7. The Bertz CT molecular complexity index is 607. The van der Waals surface area contributed by atoms with E-state index in [4.69, 9.17) is 5.26 Å². The lowest BCUT2D eigenvalue weighted by atomic mass is 10.3. The zero-order valence-electron chi connectivity index (χ0n) is 8.89. The maximum absolute atomic E-state index is 11.5. The lowest BCUT2D eigenvalue weighted by Gasteiger charge is -2.00. The summed E-state index contributed by atoms with van der Waals surface area (Å²) in [6, 6.07) is 5.38. The largest absolute Gasteiger partial charge is 0.464 e. The summed E-state index contributed by atoms with van der Waals surface area (Å²) < 4.78 is 6.24. The van der Waals surface area contributed by atoms with E-state index in [1.807, 2.05) is 6.07 Å². The van der Waals surface area contributed by atoms with Crippen LogP contribution in [0.2, 0.25) is 0 Å². The first-order valence-corrected chi connectivity index (χ1v) is 4.65. The number of hydrogen-bond acceptors (Lipinski definition) is 4. The first kappa shape index (κ1) is 10.2. The lowest BCUT2D eigenvalue weighted by molar-refractivity contribution is 0.0592. The number of imidazole rings is 1. The first-order chi connectivity index (χ1) is 7.69. The van der Waals surface area contributed by atoms with Crippen LogP contribution in [0.25, 0.3) is 5.65 Å². The molecule has 0 saturated carbocycles. The number of carbonyl (C=O) groups is 1. The van der Waals surface area contributed by atoms with Crippen molar-refractivity contribution in [2.75, 3.05) is 7.11 Å². The molecule has 5 nitrogen and oxygen atoms in total. The van der Waals surface area contributed by atoms with Gasteiger partial charge in [0, 0.05) is 6.20 Å². The van der Waals surface area contributed by atoms with Crippen molar-refractivity contribution < 1.29 is 9.53 Å². The number of ether oxygens (including phenoxy) is 1. The quantitative estimate of drug-likeness (QED) is 0.672. The predicted octanol–water partition coefficient (Wildman–Crippen LogP) is 1.30. The third-order valence-corrected chi connectivity index (χ3v) is 2.32.